The summed E-state index contributed by atoms with van der Waals surface area (Å²) >= 11 is 0. The first-order valence-corrected chi connectivity index (χ1v) is 10.9. The number of sulfonamides is 1. The molecule has 3 rings (SSSR count). The SMILES string of the molecule is COc1ccc(CN(C)S(=O)(=O)C2COCCC2(C(=O)O)c2ccccc2F)cc1. The Bertz CT molecular complexity index is 1010. The predicted molar refractivity (Wildman–Crippen MR) is 108 cm³/mol. The molecule has 162 valence electrons. The van der Waals surface area contributed by atoms with E-state index in [-0.39, 0.29) is 31.7 Å². The van der Waals surface area contributed by atoms with Crippen LogP contribution in [0.2, 0.25) is 0 Å². The molecule has 0 amide bonds. The van der Waals surface area contributed by atoms with Crippen molar-refractivity contribution >= 4 is 16.0 Å². The molecule has 0 aliphatic carbocycles. The van der Waals surface area contributed by atoms with Crippen LogP contribution in [0, 0.1) is 5.82 Å². The maximum Gasteiger partial charge on any atom is 0.315 e. The molecule has 1 N–H and O–H groups in total. The Morgan fingerprint density at radius 2 is 1.93 bits per heavy atom. The Labute approximate surface area is 175 Å². The lowest BCUT2D eigenvalue weighted by molar-refractivity contribution is -0.147. The molecule has 0 bridgehead atoms. The third-order valence-corrected chi connectivity index (χ3v) is 7.81. The Morgan fingerprint density at radius 1 is 1.27 bits per heavy atom. The summed E-state index contributed by atoms with van der Waals surface area (Å²) in [4.78, 5) is 12.4. The zero-order valence-electron chi connectivity index (χ0n) is 16.7. The minimum absolute atomic E-state index is 0.0227. The van der Waals surface area contributed by atoms with E-state index in [9.17, 15) is 22.7 Å². The highest BCUT2D eigenvalue weighted by Crippen LogP contribution is 2.41. The number of methoxy groups -OCH3 is 1. The molecular weight excluding hydrogens is 413 g/mol. The summed E-state index contributed by atoms with van der Waals surface area (Å²) in [5.41, 5.74) is -1.39. The number of halogens is 1. The summed E-state index contributed by atoms with van der Waals surface area (Å²) in [6, 6.07) is 12.3. The third-order valence-electron chi connectivity index (χ3n) is 5.55. The molecule has 0 saturated carbocycles. The van der Waals surface area contributed by atoms with Gasteiger partial charge in [0.2, 0.25) is 10.0 Å². The quantitative estimate of drug-likeness (QED) is 0.715. The van der Waals surface area contributed by atoms with Crippen molar-refractivity contribution in [2.45, 2.75) is 23.6 Å². The van der Waals surface area contributed by atoms with Crippen LogP contribution in [0.25, 0.3) is 0 Å². The van der Waals surface area contributed by atoms with Crippen molar-refractivity contribution in [2.75, 3.05) is 27.4 Å². The lowest BCUT2D eigenvalue weighted by Crippen LogP contribution is -2.58. The summed E-state index contributed by atoms with van der Waals surface area (Å²) in [5.74, 6) is -1.50. The standard InChI is InChI=1S/C21H24FNO6S/c1-23(13-15-7-9-16(28-2)10-8-15)30(26,27)19-14-29-12-11-21(19,20(24)25)17-5-3-4-6-18(17)22/h3-10,19H,11-14H2,1-2H3,(H,24,25). The molecule has 9 heteroatoms. The Hall–Kier alpha value is -2.49. The highest BCUT2D eigenvalue weighted by Gasteiger charge is 2.57. The molecule has 0 radical (unpaired) electrons. The second-order valence-corrected chi connectivity index (χ2v) is 9.44. The molecule has 2 unspecified atom stereocenters. The van der Waals surface area contributed by atoms with Gasteiger partial charge in [-0.25, -0.2) is 17.1 Å². The highest BCUT2D eigenvalue weighted by atomic mass is 32.2. The van der Waals surface area contributed by atoms with Crippen LogP contribution < -0.4 is 4.74 Å². The molecule has 1 saturated heterocycles. The minimum atomic E-state index is -4.16. The Morgan fingerprint density at radius 3 is 2.53 bits per heavy atom. The number of carboxylic acid groups (broad SMARTS) is 1. The average molecular weight is 437 g/mol. The normalized spacial score (nSPS) is 22.1. The van der Waals surface area contributed by atoms with Gasteiger partial charge in [0.25, 0.3) is 0 Å². The number of nitrogens with zero attached hydrogens (tertiary/aromatic N) is 1. The van der Waals surface area contributed by atoms with Gasteiger partial charge in [-0.2, -0.15) is 0 Å². The molecule has 7 nitrogen and oxygen atoms in total. The molecule has 30 heavy (non-hydrogen) atoms. The van der Waals surface area contributed by atoms with E-state index in [1.807, 2.05) is 0 Å². The molecule has 0 spiro atoms. The number of carbonyl (C=O) groups is 1. The van der Waals surface area contributed by atoms with E-state index in [1.54, 1.807) is 24.3 Å². The van der Waals surface area contributed by atoms with Gasteiger partial charge in [-0.3, -0.25) is 4.79 Å². The number of carboxylic acids is 1. The smallest absolute Gasteiger partial charge is 0.315 e. The maximum absolute atomic E-state index is 14.6. The number of aliphatic carboxylic acids is 1. The fourth-order valence-corrected chi connectivity index (χ4v) is 5.74. The fraction of sp³-hybridized carbons (Fsp3) is 0.381. The molecule has 2 aromatic rings. The summed E-state index contributed by atoms with van der Waals surface area (Å²) in [7, 11) is -1.26. The van der Waals surface area contributed by atoms with Gasteiger partial charge in [0, 0.05) is 25.8 Å². The Balaban J connectivity index is 2.00. The topological polar surface area (TPSA) is 93.1 Å². The molecule has 1 aliphatic heterocycles. The van der Waals surface area contributed by atoms with E-state index in [2.05, 4.69) is 0 Å². The van der Waals surface area contributed by atoms with E-state index in [0.29, 0.717) is 11.3 Å². The number of ether oxygens (including phenoxy) is 2. The van der Waals surface area contributed by atoms with Gasteiger partial charge in [0.1, 0.15) is 22.2 Å². The lowest BCUT2D eigenvalue weighted by atomic mass is 9.73. The van der Waals surface area contributed by atoms with E-state index in [1.165, 1.54) is 32.4 Å². The first-order chi connectivity index (χ1) is 14.2. The molecule has 2 aromatic carbocycles. The van der Waals surface area contributed by atoms with Crippen molar-refractivity contribution < 1.29 is 32.2 Å². The number of hydrogen-bond acceptors (Lipinski definition) is 5. The van der Waals surface area contributed by atoms with Crippen LogP contribution in [-0.2, 0) is 31.5 Å². The van der Waals surface area contributed by atoms with Gasteiger partial charge in [-0.05, 0) is 30.2 Å². The van der Waals surface area contributed by atoms with Crippen molar-refractivity contribution in [1.82, 2.24) is 4.31 Å². The second-order valence-electron chi connectivity index (χ2n) is 7.22. The van der Waals surface area contributed by atoms with Gasteiger partial charge < -0.3 is 14.6 Å². The van der Waals surface area contributed by atoms with Crippen molar-refractivity contribution in [1.29, 1.82) is 0 Å². The number of rotatable bonds is 7. The summed E-state index contributed by atoms with van der Waals surface area (Å²) in [6.45, 7) is -0.291. The zero-order chi connectivity index (χ0) is 21.9. The van der Waals surface area contributed by atoms with Crippen LogP contribution in [0.3, 0.4) is 0 Å². The lowest BCUT2D eigenvalue weighted by Gasteiger charge is -2.41. The first-order valence-electron chi connectivity index (χ1n) is 9.37. The second kappa shape index (κ2) is 8.71. The summed E-state index contributed by atoms with van der Waals surface area (Å²) in [5, 5.41) is 8.63. The van der Waals surface area contributed by atoms with Crippen LogP contribution in [-0.4, -0.2) is 56.4 Å². The van der Waals surface area contributed by atoms with E-state index in [0.717, 1.165) is 10.4 Å². The molecule has 0 aromatic heterocycles. The van der Waals surface area contributed by atoms with E-state index in [4.69, 9.17) is 9.47 Å². The minimum Gasteiger partial charge on any atom is -0.497 e. The fourth-order valence-electron chi connectivity index (χ4n) is 3.85. The van der Waals surface area contributed by atoms with Crippen molar-refractivity contribution in [3.63, 3.8) is 0 Å². The van der Waals surface area contributed by atoms with Gasteiger partial charge in [-0.1, -0.05) is 30.3 Å². The van der Waals surface area contributed by atoms with Gasteiger partial charge >= 0.3 is 5.97 Å². The maximum atomic E-state index is 14.6. The summed E-state index contributed by atoms with van der Waals surface area (Å²) in [6.07, 6.45) is -0.149. The van der Waals surface area contributed by atoms with Gasteiger partial charge in [0.05, 0.1) is 13.7 Å². The predicted octanol–water partition coefficient (Wildman–Crippen LogP) is 2.41. The zero-order valence-corrected chi connectivity index (χ0v) is 17.6. The number of hydrogen-bond donors (Lipinski definition) is 1. The van der Waals surface area contributed by atoms with Crippen LogP contribution in [0.15, 0.2) is 48.5 Å². The summed E-state index contributed by atoms with van der Waals surface area (Å²) < 4.78 is 53.1. The van der Waals surface area contributed by atoms with Crippen LogP contribution in [0.5, 0.6) is 5.75 Å². The monoisotopic (exact) mass is 437 g/mol. The van der Waals surface area contributed by atoms with Gasteiger partial charge in [0.15, 0.2) is 0 Å². The van der Waals surface area contributed by atoms with Gasteiger partial charge in [-0.15, -0.1) is 0 Å². The molecule has 1 heterocycles. The molecule has 2 atom stereocenters. The highest BCUT2D eigenvalue weighted by molar-refractivity contribution is 7.89. The van der Waals surface area contributed by atoms with E-state index >= 15 is 0 Å². The average Bonchev–Trinajstić information content (AvgIpc) is 2.74. The number of benzene rings is 2. The van der Waals surface area contributed by atoms with E-state index < -0.39 is 32.5 Å². The van der Waals surface area contributed by atoms with Crippen LogP contribution in [0.1, 0.15) is 17.5 Å². The molecular formula is C21H24FNO6S. The van der Waals surface area contributed by atoms with Crippen molar-refractivity contribution in [3.8, 4) is 5.75 Å². The first kappa shape index (κ1) is 22.2. The van der Waals surface area contributed by atoms with Crippen LogP contribution in [0.4, 0.5) is 4.39 Å². The third kappa shape index (κ3) is 3.92. The largest absolute Gasteiger partial charge is 0.497 e. The molecule has 1 fully saturated rings. The Kier molecular flexibility index (Phi) is 6.44. The van der Waals surface area contributed by atoms with Crippen molar-refractivity contribution in [2.24, 2.45) is 0 Å². The van der Waals surface area contributed by atoms with Crippen molar-refractivity contribution in [3.05, 3.63) is 65.5 Å². The molecule has 1 aliphatic rings. The van der Waals surface area contributed by atoms with Crippen LogP contribution >= 0.6 is 0 Å².